The highest BCUT2D eigenvalue weighted by Gasteiger charge is 2.23. The summed E-state index contributed by atoms with van der Waals surface area (Å²) in [6.45, 7) is 7.87. The number of nitrogens with one attached hydrogen (secondary N) is 1. The maximum Gasteiger partial charge on any atom is 0.119 e. The second kappa shape index (κ2) is 6.78. The van der Waals surface area contributed by atoms with E-state index in [0.29, 0.717) is 12.5 Å². The van der Waals surface area contributed by atoms with Gasteiger partial charge in [-0.05, 0) is 43.7 Å². The predicted octanol–water partition coefficient (Wildman–Crippen LogP) is 1.49. The Morgan fingerprint density at radius 2 is 2.05 bits per heavy atom. The predicted molar refractivity (Wildman–Crippen MR) is 77.9 cm³/mol. The van der Waals surface area contributed by atoms with Gasteiger partial charge in [-0.3, -0.25) is 0 Å². The number of aliphatic hydroxyl groups is 1. The summed E-state index contributed by atoms with van der Waals surface area (Å²) in [6, 6.07) is 8.28. The molecule has 4 nitrogen and oxygen atoms in total. The fourth-order valence-corrected chi connectivity index (χ4v) is 2.54. The van der Waals surface area contributed by atoms with Crippen LogP contribution in [0.4, 0.5) is 5.69 Å². The standard InChI is InChI=1S/C15H24N2O2/c1-3-19-15-6-4-13(5-7-15)17-10-12(2)8-16-9-14(17)11-18/h4-7,12,14,16,18H,3,8-11H2,1-2H3. The first-order valence-electron chi connectivity index (χ1n) is 7.05. The van der Waals surface area contributed by atoms with Gasteiger partial charge in [-0.2, -0.15) is 0 Å². The van der Waals surface area contributed by atoms with E-state index in [1.165, 1.54) is 0 Å². The van der Waals surface area contributed by atoms with Crippen LogP contribution in [0, 0.1) is 5.92 Å². The summed E-state index contributed by atoms with van der Waals surface area (Å²) in [4.78, 5) is 2.29. The molecule has 19 heavy (non-hydrogen) atoms. The molecule has 0 radical (unpaired) electrons. The molecule has 1 saturated heterocycles. The number of hydrogen-bond donors (Lipinski definition) is 2. The summed E-state index contributed by atoms with van der Waals surface area (Å²) in [5.41, 5.74) is 1.15. The number of aliphatic hydroxyl groups excluding tert-OH is 1. The maximum atomic E-state index is 9.57. The number of benzene rings is 1. The lowest BCUT2D eigenvalue weighted by Crippen LogP contribution is -2.42. The van der Waals surface area contributed by atoms with Crippen molar-refractivity contribution in [2.24, 2.45) is 5.92 Å². The van der Waals surface area contributed by atoms with E-state index in [0.717, 1.165) is 31.1 Å². The van der Waals surface area contributed by atoms with Crippen molar-refractivity contribution in [3.63, 3.8) is 0 Å². The SMILES string of the molecule is CCOc1ccc(N2CC(C)CNCC2CO)cc1. The van der Waals surface area contributed by atoms with Gasteiger partial charge in [-0.25, -0.2) is 0 Å². The first-order chi connectivity index (χ1) is 9.24. The van der Waals surface area contributed by atoms with Crippen molar-refractivity contribution >= 4 is 5.69 Å². The molecular formula is C15H24N2O2. The largest absolute Gasteiger partial charge is 0.494 e. The summed E-state index contributed by atoms with van der Waals surface area (Å²) in [5, 5.41) is 13.0. The van der Waals surface area contributed by atoms with Crippen molar-refractivity contribution in [3.05, 3.63) is 24.3 Å². The summed E-state index contributed by atoms with van der Waals surface area (Å²) in [5.74, 6) is 1.47. The van der Waals surface area contributed by atoms with Crippen LogP contribution in [0.3, 0.4) is 0 Å². The first kappa shape index (κ1) is 14.2. The fourth-order valence-electron chi connectivity index (χ4n) is 2.54. The fraction of sp³-hybridized carbons (Fsp3) is 0.600. The van der Waals surface area contributed by atoms with Crippen LogP contribution in [0.15, 0.2) is 24.3 Å². The Hall–Kier alpha value is -1.26. The number of rotatable bonds is 4. The highest BCUT2D eigenvalue weighted by Crippen LogP contribution is 2.23. The number of ether oxygens (including phenoxy) is 1. The van der Waals surface area contributed by atoms with Crippen LogP contribution in [0.1, 0.15) is 13.8 Å². The molecule has 2 atom stereocenters. The molecule has 2 unspecified atom stereocenters. The van der Waals surface area contributed by atoms with E-state index < -0.39 is 0 Å². The molecular weight excluding hydrogens is 240 g/mol. The maximum absolute atomic E-state index is 9.57. The van der Waals surface area contributed by atoms with E-state index in [1.807, 2.05) is 19.1 Å². The number of nitrogens with zero attached hydrogens (tertiary/aromatic N) is 1. The molecule has 2 rings (SSSR count). The van der Waals surface area contributed by atoms with E-state index in [2.05, 4.69) is 29.3 Å². The second-order valence-electron chi connectivity index (χ2n) is 5.18. The van der Waals surface area contributed by atoms with Gasteiger partial charge < -0.3 is 20.1 Å². The Bertz CT molecular complexity index is 380. The van der Waals surface area contributed by atoms with Gasteiger partial charge >= 0.3 is 0 Å². The minimum atomic E-state index is 0.142. The number of anilines is 1. The van der Waals surface area contributed by atoms with Crippen LogP contribution >= 0.6 is 0 Å². The van der Waals surface area contributed by atoms with Crippen molar-refractivity contribution in [2.75, 3.05) is 37.7 Å². The van der Waals surface area contributed by atoms with Gasteiger partial charge in [0.2, 0.25) is 0 Å². The van der Waals surface area contributed by atoms with Crippen molar-refractivity contribution < 1.29 is 9.84 Å². The van der Waals surface area contributed by atoms with E-state index >= 15 is 0 Å². The molecule has 0 amide bonds. The van der Waals surface area contributed by atoms with E-state index in [1.54, 1.807) is 0 Å². The van der Waals surface area contributed by atoms with Gasteiger partial charge in [0, 0.05) is 18.8 Å². The van der Waals surface area contributed by atoms with Crippen molar-refractivity contribution in [3.8, 4) is 5.75 Å². The zero-order chi connectivity index (χ0) is 13.7. The van der Waals surface area contributed by atoms with Crippen molar-refractivity contribution in [2.45, 2.75) is 19.9 Å². The third kappa shape index (κ3) is 3.61. The van der Waals surface area contributed by atoms with Gasteiger partial charge in [0.25, 0.3) is 0 Å². The van der Waals surface area contributed by atoms with Crippen molar-refractivity contribution in [1.82, 2.24) is 5.32 Å². The lowest BCUT2D eigenvalue weighted by molar-refractivity contribution is 0.259. The summed E-state index contributed by atoms with van der Waals surface area (Å²) in [7, 11) is 0. The molecule has 0 saturated carbocycles. The molecule has 1 aromatic rings. The van der Waals surface area contributed by atoms with Gasteiger partial charge in [0.1, 0.15) is 5.75 Å². The molecule has 0 bridgehead atoms. The monoisotopic (exact) mass is 264 g/mol. The van der Waals surface area contributed by atoms with Gasteiger partial charge in [0.05, 0.1) is 19.3 Å². The lowest BCUT2D eigenvalue weighted by Gasteiger charge is -2.31. The summed E-state index contributed by atoms with van der Waals surface area (Å²) >= 11 is 0. The minimum absolute atomic E-state index is 0.142. The van der Waals surface area contributed by atoms with Crippen LogP contribution in [-0.4, -0.2) is 44.0 Å². The van der Waals surface area contributed by atoms with Gasteiger partial charge in [-0.1, -0.05) is 6.92 Å². The number of hydrogen-bond acceptors (Lipinski definition) is 4. The molecule has 1 aliphatic heterocycles. The Kier molecular flexibility index (Phi) is 5.05. The van der Waals surface area contributed by atoms with E-state index in [9.17, 15) is 5.11 Å². The lowest BCUT2D eigenvalue weighted by atomic mass is 10.1. The molecule has 0 spiro atoms. The molecule has 0 aliphatic carbocycles. The molecule has 1 fully saturated rings. The Labute approximate surface area is 115 Å². The molecule has 1 heterocycles. The van der Waals surface area contributed by atoms with Gasteiger partial charge in [-0.15, -0.1) is 0 Å². The normalized spacial score (nSPS) is 24.1. The summed E-state index contributed by atoms with van der Waals surface area (Å²) < 4.78 is 5.47. The smallest absolute Gasteiger partial charge is 0.119 e. The van der Waals surface area contributed by atoms with Crippen LogP contribution in [-0.2, 0) is 0 Å². The Morgan fingerprint density at radius 1 is 1.32 bits per heavy atom. The third-order valence-electron chi connectivity index (χ3n) is 3.51. The zero-order valence-electron chi connectivity index (χ0n) is 11.8. The molecule has 2 N–H and O–H groups in total. The third-order valence-corrected chi connectivity index (χ3v) is 3.51. The van der Waals surface area contributed by atoms with Crippen LogP contribution in [0.25, 0.3) is 0 Å². The highest BCUT2D eigenvalue weighted by molar-refractivity contribution is 5.50. The van der Waals surface area contributed by atoms with Crippen molar-refractivity contribution in [1.29, 1.82) is 0 Å². The van der Waals surface area contributed by atoms with E-state index in [4.69, 9.17) is 4.74 Å². The Balaban J connectivity index is 2.15. The molecule has 4 heteroatoms. The summed E-state index contributed by atoms with van der Waals surface area (Å²) in [6.07, 6.45) is 0. The second-order valence-corrected chi connectivity index (χ2v) is 5.18. The highest BCUT2D eigenvalue weighted by atomic mass is 16.5. The Morgan fingerprint density at radius 3 is 2.68 bits per heavy atom. The van der Waals surface area contributed by atoms with Crippen LogP contribution in [0.5, 0.6) is 5.75 Å². The molecule has 0 aromatic heterocycles. The molecule has 1 aromatic carbocycles. The first-order valence-corrected chi connectivity index (χ1v) is 7.05. The van der Waals surface area contributed by atoms with Crippen LogP contribution in [0.2, 0.25) is 0 Å². The zero-order valence-corrected chi connectivity index (χ0v) is 11.8. The molecule has 1 aliphatic rings. The topological polar surface area (TPSA) is 44.7 Å². The van der Waals surface area contributed by atoms with Crippen LogP contribution < -0.4 is 15.0 Å². The quantitative estimate of drug-likeness (QED) is 0.865. The average Bonchev–Trinajstić information content (AvgIpc) is 2.61. The minimum Gasteiger partial charge on any atom is -0.494 e. The molecule has 106 valence electrons. The van der Waals surface area contributed by atoms with E-state index in [-0.39, 0.29) is 12.6 Å². The average molecular weight is 264 g/mol. The van der Waals surface area contributed by atoms with Gasteiger partial charge in [0.15, 0.2) is 0 Å².